The van der Waals surface area contributed by atoms with Crippen molar-refractivity contribution >= 4 is 68.6 Å². The molecule has 1 radical (unpaired) electrons. The normalized spacial score (nSPS) is 13.4. The molecule has 5 heterocycles. The Morgan fingerprint density at radius 2 is 0.701 bits per heavy atom. The molecule has 0 unspecified atom stereocenters. The zero-order valence-corrected chi connectivity index (χ0v) is 51.4. The van der Waals surface area contributed by atoms with Crippen molar-refractivity contribution in [2.45, 2.75) is 157 Å². The Kier molecular flexibility index (Phi) is 15.0. The fourth-order valence-electron chi connectivity index (χ4n) is 10.00. The van der Waals surface area contributed by atoms with Crippen LogP contribution in [0.5, 0.6) is 0 Å². The Morgan fingerprint density at radius 3 is 1.03 bits per heavy atom. The number of hydrogen-bond acceptors (Lipinski definition) is 4. The van der Waals surface area contributed by atoms with E-state index in [0.29, 0.717) is 33.4 Å². The molecule has 2 aliphatic rings. The third-order valence-corrected chi connectivity index (χ3v) is 15.6. The van der Waals surface area contributed by atoms with E-state index in [1.807, 2.05) is 12.1 Å². The molecule has 9 heteroatoms. The fraction of sp³-hybridized carbons (Fsp3) is 0.353. The molecule has 4 aromatic carbocycles. The second-order valence-corrected chi connectivity index (χ2v) is 28.4. The van der Waals surface area contributed by atoms with E-state index in [2.05, 4.69) is 250 Å². The summed E-state index contributed by atoms with van der Waals surface area (Å²) in [6.45, 7) is 40.2. The van der Waals surface area contributed by atoms with Crippen molar-refractivity contribution in [1.29, 1.82) is 0 Å². The molecule has 0 fully saturated rings. The Morgan fingerprint density at radius 1 is 0.403 bits per heavy atom. The molecular formula is C68H74CuIN5O2. The number of aromatic nitrogens is 4. The number of benzene rings is 4. The monoisotopic (exact) mass is 1180 g/mol. The summed E-state index contributed by atoms with van der Waals surface area (Å²) in [5, 5.41) is 13.9. The largest absolute Gasteiger partial charge is 2.00 e. The van der Waals surface area contributed by atoms with Crippen LogP contribution in [0.4, 0.5) is 0 Å². The predicted octanol–water partition coefficient (Wildman–Crippen LogP) is 18.6. The standard InChI is InChI=1S/C68H74IN5O2.Cu/c1-63(2,3)43-29-40(30-44(35-43)64(4,5)6)59-52-24-23-50(70-52)58(39-19-21-49(69)22-20-39)51-27-28-55(72-51)61(42-33-47(67(13,14)15)37-48(34-42)68(16,17)18)62-57(74(75)76)38-56(73-62)60(54-26-25-53(59)71-54)41-31-45(65(7,8)9)36-46(32-41)66(10,11)12;/h19-38H,1-18H3;/q-2;+2. The van der Waals surface area contributed by atoms with Crippen LogP contribution >= 0.6 is 22.6 Å². The SMILES string of the molecule is CC(C)(C)c1cc(-c2c3nc(c(-c4ccc(I)cc4)c4ccc([n-]4)c(-c4cc(C(C)(C)C)cc(C(C)(C)C)c4)c4nc(c(-c5cc(C(C)(C)C)cc(C(C)(C)C)c5)c5ccc2[n-]5)C=C4[N+](=O)[O-])C=C3)cc(C(C)(C)C)c1.[Cu+2]. The first-order valence-electron chi connectivity index (χ1n) is 26.6. The first-order valence-corrected chi connectivity index (χ1v) is 27.7. The van der Waals surface area contributed by atoms with E-state index >= 15 is 0 Å². The number of nitro groups is 1. The van der Waals surface area contributed by atoms with E-state index in [0.717, 1.165) is 76.1 Å². The van der Waals surface area contributed by atoms with Gasteiger partial charge < -0.3 is 9.97 Å². The van der Waals surface area contributed by atoms with Gasteiger partial charge in [0.1, 0.15) is 5.69 Å². The van der Waals surface area contributed by atoms with Gasteiger partial charge >= 0.3 is 17.1 Å². The molecule has 3 aromatic heterocycles. The number of halogens is 1. The summed E-state index contributed by atoms with van der Waals surface area (Å²) < 4.78 is 1.11. The molecule has 0 N–H and O–H groups in total. The van der Waals surface area contributed by atoms with Crippen molar-refractivity contribution in [3.8, 4) is 44.5 Å². The van der Waals surface area contributed by atoms with Crippen molar-refractivity contribution in [2.24, 2.45) is 0 Å². The third-order valence-electron chi connectivity index (χ3n) is 14.9. The fourth-order valence-corrected chi connectivity index (χ4v) is 10.4. The van der Waals surface area contributed by atoms with Gasteiger partial charge in [0, 0.05) is 9.65 Å². The minimum absolute atomic E-state index is 0. The predicted molar refractivity (Wildman–Crippen MR) is 329 cm³/mol. The summed E-state index contributed by atoms with van der Waals surface area (Å²) in [5.74, 6) is 0. The van der Waals surface area contributed by atoms with Gasteiger partial charge in [-0.3, -0.25) is 10.1 Å². The average molecular weight is 1180 g/mol. The van der Waals surface area contributed by atoms with Gasteiger partial charge in [-0.25, -0.2) is 9.97 Å². The Hall–Kier alpha value is -5.87. The summed E-state index contributed by atoms with van der Waals surface area (Å²) in [4.78, 5) is 36.0. The molecule has 0 aliphatic carbocycles. The number of hydrogen-bond donors (Lipinski definition) is 0. The Bertz CT molecular complexity index is 3640. The molecule has 0 atom stereocenters. The van der Waals surface area contributed by atoms with Gasteiger partial charge in [-0.1, -0.05) is 216 Å². The van der Waals surface area contributed by atoms with Crippen LogP contribution in [0.15, 0.2) is 103 Å². The van der Waals surface area contributed by atoms with Crippen LogP contribution < -0.4 is 9.97 Å². The quantitative estimate of drug-likeness (QED) is 0.0737. The molecule has 0 spiro atoms. The smallest absolute Gasteiger partial charge is 0.657 e. The van der Waals surface area contributed by atoms with Crippen LogP contribution in [0.2, 0.25) is 0 Å². The van der Waals surface area contributed by atoms with Crippen molar-refractivity contribution in [1.82, 2.24) is 19.9 Å². The van der Waals surface area contributed by atoms with Gasteiger partial charge in [-0.05, 0) is 157 Å². The zero-order chi connectivity index (χ0) is 55.4. The molecule has 9 rings (SSSR count). The van der Waals surface area contributed by atoms with Gasteiger partial charge in [-0.2, -0.15) is 0 Å². The van der Waals surface area contributed by atoms with Crippen molar-refractivity contribution in [3.05, 3.63) is 173 Å². The van der Waals surface area contributed by atoms with Crippen LogP contribution in [0.1, 0.15) is 181 Å². The minimum Gasteiger partial charge on any atom is -0.657 e. The molecule has 0 saturated heterocycles. The van der Waals surface area contributed by atoms with E-state index in [1.54, 1.807) is 6.08 Å². The van der Waals surface area contributed by atoms with Crippen LogP contribution in [-0.2, 0) is 49.6 Å². The molecule has 7 nitrogen and oxygen atoms in total. The summed E-state index contributed by atoms with van der Waals surface area (Å²) in [5.41, 5.74) is 17.2. The summed E-state index contributed by atoms with van der Waals surface area (Å²) in [6, 6.07) is 37.0. The maximum absolute atomic E-state index is 13.9. The first-order chi connectivity index (χ1) is 35.1. The third kappa shape index (κ3) is 11.7. The van der Waals surface area contributed by atoms with Gasteiger partial charge in [0.15, 0.2) is 0 Å². The van der Waals surface area contributed by atoms with Gasteiger partial charge in [-0.15, -0.1) is 22.1 Å². The van der Waals surface area contributed by atoms with E-state index in [4.69, 9.17) is 19.9 Å². The van der Waals surface area contributed by atoms with E-state index in [-0.39, 0.29) is 65.9 Å². The maximum Gasteiger partial charge on any atom is 2.00 e. The van der Waals surface area contributed by atoms with Gasteiger partial charge in [0.05, 0.1) is 22.0 Å². The molecule has 0 amide bonds. The first kappa shape index (κ1) is 57.3. The number of fused-ring (bicyclic) bond motifs is 8. The average Bonchev–Trinajstić information content (AvgIpc) is 4.16. The minimum atomic E-state index is -0.283. The Labute approximate surface area is 481 Å². The topological polar surface area (TPSA) is 97.1 Å². The van der Waals surface area contributed by atoms with Crippen molar-refractivity contribution in [3.63, 3.8) is 0 Å². The summed E-state index contributed by atoms with van der Waals surface area (Å²) in [6.07, 6.45) is 5.89. The second kappa shape index (κ2) is 20.1. The molecule has 8 bridgehead atoms. The van der Waals surface area contributed by atoms with Gasteiger partial charge in [0.25, 0.3) is 5.70 Å². The van der Waals surface area contributed by atoms with Crippen molar-refractivity contribution < 1.29 is 22.0 Å². The van der Waals surface area contributed by atoms with E-state index < -0.39 is 0 Å². The molecule has 401 valence electrons. The molecule has 7 aromatic rings. The van der Waals surface area contributed by atoms with Gasteiger partial charge in [0.2, 0.25) is 0 Å². The van der Waals surface area contributed by atoms with Crippen LogP contribution in [-0.4, -0.2) is 14.9 Å². The number of rotatable bonds is 5. The molecular weight excluding hydrogens is 1110 g/mol. The van der Waals surface area contributed by atoms with E-state index in [9.17, 15) is 10.1 Å². The summed E-state index contributed by atoms with van der Waals surface area (Å²) in [7, 11) is 0. The summed E-state index contributed by atoms with van der Waals surface area (Å²) >= 11 is 2.34. The number of nitrogens with zero attached hydrogens (tertiary/aromatic N) is 5. The molecule has 77 heavy (non-hydrogen) atoms. The van der Waals surface area contributed by atoms with Crippen LogP contribution in [0.25, 0.3) is 90.5 Å². The van der Waals surface area contributed by atoms with Crippen LogP contribution in [0, 0.1) is 13.7 Å². The van der Waals surface area contributed by atoms with E-state index in [1.165, 1.54) is 11.1 Å². The Balaban J connectivity index is 0.00000784. The molecule has 0 saturated carbocycles. The van der Waals surface area contributed by atoms with Crippen LogP contribution in [0.3, 0.4) is 0 Å². The zero-order valence-electron chi connectivity index (χ0n) is 48.3. The maximum atomic E-state index is 13.9. The second-order valence-electron chi connectivity index (χ2n) is 27.2. The van der Waals surface area contributed by atoms with Crippen molar-refractivity contribution in [2.75, 3.05) is 0 Å². The molecule has 2 aliphatic heterocycles.